The summed E-state index contributed by atoms with van der Waals surface area (Å²) in [5.41, 5.74) is 2.11. The Morgan fingerprint density at radius 2 is 2.15 bits per heavy atom. The van der Waals surface area contributed by atoms with Crippen LogP contribution < -0.4 is 5.32 Å². The van der Waals surface area contributed by atoms with Crippen molar-refractivity contribution in [3.05, 3.63) is 29.3 Å². The van der Waals surface area contributed by atoms with Crippen LogP contribution in [0.25, 0.3) is 0 Å². The van der Waals surface area contributed by atoms with Gasteiger partial charge in [0, 0.05) is 24.2 Å². The molecule has 1 aliphatic heterocycles. The Balaban J connectivity index is 1.50. The lowest BCUT2D eigenvalue weighted by Gasteiger charge is -2.19. The van der Waals surface area contributed by atoms with E-state index in [-0.39, 0.29) is 6.04 Å². The maximum absolute atomic E-state index is 10.0. The second kappa shape index (κ2) is 5.74. The van der Waals surface area contributed by atoms with Gasteiger partial charge in [0.1, 0.15) is 5.75 Å². The van der Waals surface area contributed by atoms with Gasteiger partial charge in [-0.3, -0.25) is 0 Å². The van der Waals surface area contributed by atoms with Crippen LogP contribution >= 0.6 is 0 Å². The van der Waals surface area contributed by atoms with Crippen molar-refractivity contribution in [1.29, 1.82) is 0 Å². The average Bonchev–Trinajstić information content (AvgIpc) is 3.15. The standard InChI is InChI=1S/C17H26N2O/c1-12-3-6-16(17(20)9-12)13(2)18-10-14-7-8-19(11-14)15-4-5-15/h3,6,9,13-15,18,20H,4-5,7-8,10-11H2,1-2H3. The molecule has 1 saturated heterocycles. The van der Waals surface area contributed by atoms with E-state index in [9.17, 15) is 5.11 Å². The van der Waals surface area contributed by atoms with Crippen molar-refractivity contribution in [2.75, 3.05) is 19.6 Å². The van der Waals surface area contributed by atoms with E-state index in [2.05, 4.69) is 23.2 Å². The Hall–Kier alpha value is -1.06. The van der Waals surface area contributed by atoms with Gasteiger partial charge in [-0.25, -0.2) is 0 Å². The molecule has 110 valence electrons. The first-order chi connectivity index (χ1) is 9.63. The van der Waals surface area contributed by atoms with Crippen LogP contribution in [0.5, 0.6) is 5.75 Å². The molecule has 2 aliphatic rings. The number of hydrogen-bond donors (Lipinski definition) is 2. The number of nitrogens with zero attached hydrogens (tertiary/aromatic N) is 1. The van der Waals surface area contributed by atoms with Crippen molar-refractivity contribution in [2.24, 2.45) is 5.92 Å². The van der Waals surface area contributed by atoms with Crippen LogP contribution in [0.15, 0.2) is 18.2 Å². The van der Waals surface area contributed by atoms with Gasteiger partial charge >= 0.3 is 0 Å². The van der Waals surface area contributed by atoms with Crippen LogP contribution in [-0.4, -0.2) is 35.7 Å². The summed E-state index contributed by atoms with van der Waals surface area (Å²) in [6, 6.07) is 7.06. The zero-order valence-corrected chi connectivity index (χ0v) is 12.6. The van der Waals surface area contributed by atoms with E-state index in [1.165, 1.54) is 32.4 Å². The Morgan fingerprint density at radius 3 is 2.85 bits per heavy atom. The third kappa shape index (κ3) is 3.15. The molecule has 2 fully saturated rings. The first-order valence-corrected chi connectivity index (χ1v) is 7.90. The van der Waals surface area contributed by atoms with Crippen LogP contribution in [0.1, 0.15) is 43.4 Å². The van der Waals surface area contributed by atoms with E-state index in [1.807, 2.05) is 19.1 Å². The lowest BCUT2D eigenvalue weighted by atomic mass is 10.0. The van der Waals surface area contributed by atoms with Gasteiger partial charge in [-0.2, -0.15) is 0 Å². The Kier molecular flexibility index (Phi) is 3.99. The van der Waals surface area contributed by atoms with Crippen molar-refractivity contribution in [1.82, 2.24) is 10.2 Å². The van der Waals surface area contributed by atoms with Crippen LogP contribution in [-0.2, 0) is 0 Å². The molecule has 1 aliphatic carbocycles. The third-order valence-electron chi connectivity index (χ3n) is 4.75. The third-order valence-corrected chi connectivity index (χ3v) is 4.75. The number of hydrogen-bond acceptors (Lipinski definition) is 3. The van der Waals surface area contributed by atoms with Gasteiger partial charge < -0.3 is 15.3 Å². The number of nitrogens with one attached hydrogen (secondary N) is 1. The van der Waals surface area contributed by atoms with E-state index in [1.54, 1.807) is 0 Å². The fourth-order valence-corrected chi connectivity index (χ4v) is 3.27. The lowest BCUT2D eigenvalue weighted by Crippen LogP contribution is -2.29. The summed E-state index contributed by atoms with van der Waals surface area (Å²) < 4.78 is 0. The van der Waals surface area contributed by atoms with Crippen molar-refractivity contribution < 1.29 is 5.11 Å². The summed E-state index contributed by atoms with van der Waals surface area (Å²) in [6.07, 6.45) is 4.14. The van der Waals surface area contributed by atoms with E-state index < -0.39 is 0 Å². The number of rotatable bonds is 5. The second-order valence-electron chi connectivity index (χ2n) is 6.57. The van der Waals surface area contributed by atoms with Crippen molar-refractivity contribution in [2.45, 2.75) is 45.2 Å². The number of phenolic OH excluding ortho intramolecular Hbond substituents is 1. The number of aryl methyl sites for hydroxylation is 1. The maximum Gasteiger partial charge on any atom is 0.120 e. The highest BCUT2D eigenvalue weighted by Gasteiger charge is 2.34. The molecular formula is C17H26N2O. The molecule has 1 aromatic carbocycles. The van der Waals surface area contributed by atoms with Crippen molar-refractivity contribution in [3.8, 4) is 5.75 Å². The Labute approximate surface area is 122 Å². The minimum Gasteiger partial charge on any atom is -0.508 e. The van der Waals surface area contributed by atoms with Gasteiger partial charge in [0.2, 0.25) is 0 Å². The minimum absolute atomic E-state index is 0.213. The van der Waals surface area contributed by atoms with Gasteiger partial charge in [0.25, 0.3) is 0 Å². The quantitative estimate of drug-likeness (QED) is 0.866. The summed E-state index contributed by atoms with van der Waals surface area (Å²) in [4.78, 5) is 2.65. The first-order valence-electron chi connectivity index (χ1n) is 7.90. The molecule has 0 bridgehead atoms. The molecular weight excluding hydrogens is 248 g/mol. The van der Waals surface area contributed by atoms with E-state index in [0.717, 1.165) is 29.6 Å². The molecule has 0 aromatic heterocycles. The van der Waals surface area contributed by atoms with Crippen LogP contribution in [0.2, 0.25) is 0 Å². The Morgan fingerprint density at radius 1 is 1.35 bits per heavy atom. The zero-order valence-electron chi connectivity index (χ0n) is 12.6. The van der Waals surface area contributed by atoms with Crippen LogP contribution in [0.3, 0.4) is 0 Å². The van der Waals surface area contributed by atoms with Crippen LogP contribution in [0, 0.1) is 12.8 Å². The molecule has 2 atom stereocenters. The SMILES string of the molecule is Cc1ccc(C(C)NCC2CCN(C3CC3)C2)c(O)c1. The average molecular weight is 274 g/mol. The molecule has 1 saturated carbocycles. The summed E-state index contributed by atoms with van der Waals surface area (Å²) in [5, 5.41) is 13.6. The highest BCUT2D eigenvalue weighted by molar-refractivity contribution is 5.37. The molecule has 0 amide bonds. The molecule has 1 aromatic rings. The highest BCUT2D eigenvalue weighted by atomic mass is 16.3. The molecule has 1 heterocycles. The molecule has 20 heavy (non-hydrogen) atoms. The van der Waals surface area contributed by atoms with Gasteiger partial charge in [-0.1, -0.05) is 12.1 Å². The lowest BCUT2D eigenvalue weighted by molar-refractivity contribution is 0.309. The number of aromatic hydroxyl groups is 1. The molecule has 0 spiro atoms. The zero-order chi connectivity index (χ0) is 14.1. The molecule has 3 rings (SSSR count). The van der Waals surface area contributed by atoms with E-state index in [4.69, 9.17) is 0 Å². The van der Waals surface area contributed by atoms with Gasteiger partial charge in [-0.15, -0.1) is 0 Å². The summed E-state index contributed by atoms with van der Waals surface area (Å²) in [6.45, 7) is 7.73. The maximum atomic E-state index is 10.0. The largest absolute Gasteiger partial charge is 0.508 e. The number of likely N-dealkylation sites (tertiary alicyclic amines) is 1. The monoisotopic (exact) mass is 274 g/mol. The van der Waals surface area contributed by atoms with Crippen molar-refractivity contribution in [3.63, 3.8) is 0 Å². The molecule has 2 N–H and O–H groups in total. The fourth-order valence-electron chi connectivity index (χ4n) is 3.27. The smallest absolute Gasteiger partial charge is 0.120 e. The highest BCUT2D eigenvalue weighted by Crippen LogP contribution is 2.32. The fraction of sp³-hybridized carbons (Fsp3) is 0.647. The second-order valence-corrected chi connectivity index (χ2v) is 6.57. The predicted molar refractivity (Wildman–Crippen MR) is 82.0 cm³/mol. The summed E-state index contributed by atoms with van der Waals surface area (Å²) in [7, 11) is 0. The topological polar surface area (TPSA) is 35.5 Å². The van der Waals surface area contributed by atoms with Crippen molar-refractivity contribution >= 4 is 0 Å². The molecule has 2 unspecified atom stereocenters. The molecule has 3 heteroatoms. The Bertz CT molecular complexity index is 470. The van der Waals surface area contributed by atoms with Crippen LogP contribution in [0.4, 0.5) is 0 Å². The van der Waals surface area contributed by atoms with Gasteiger partial charge in [-0.05, 0) is 63.7 Å². The van der Waals surface area contributed by atoms with E-state index >= 15 is 0 Å². The first kappa shape index (κ1) is 13.9. The van der Waals surface area contributed by atoms with E-state index in [0.29, 0.717) is 5.75 Å². The molecule has 0 radical (unpaired) electrons. The summed E-state index contributed by atoms with van der Waals surface area (Å²) in [5.74, 6) is 1.18. The minimum atomic E-state index is 0.213. The number of benzene rings is 1. The number of phenols is 1. The van der Waals surface area contributed by atoms with Gasteiger partial charge in [0.05, 0.1) is 0 Å². The normalized spacial score (nSPS) is 25.0. The predicted octanol–water partition coefficient (Wildman–Crippen LogP) is 2.84. The summed E-state index contributed by atoms with van der Waals surface area (Å²) >= 11 is 0. The molecule has 3 nitrogen and oxygen atoms in total. The van der Waals surface area contributed by atoms with Gasteiger partial charge in [0.15, 0.2) is 0 Å².